The van der Waals surface area contributed by atoms with Gasteiger partial charge in [0.25, 0.3) is 0 Å². The molecule has 20 heavy (non-hydrogen) atoms. The van der Waals surface area contributed by atoms with Gasteiger partial charge in [0.05, 0.1) is 5.56 Å². The Hall–Kier alpha value is -2.09. The minimum atomic E-state index is -0.579. The Labute approximate surface area is 118 Å². The predicted octanol–water partition coefficient (Wildman–Crippen LogP) is 3.34. The fraction of sp³-hybridized carbons (Fsp3) is 0.467. The van der Waals surface area contributed by atoms with Gasteiger partial charge in [-0.2, -0.15) is 5.26 Å². The van der Waals surface area contributed by atoms with Gasteiger partial charge in [0.15, 0.2) is 0 Å². The zero-order valence-electron chi connectivity index (χ0n) is 12.4. The van der Waals surface area contributed by atoms with Crippen molar-refractivity contribution in [2.45, 2.75) is 46.8 Å². The van der Waals surface area contributed by atoms with Gasteiger partial charge in [0.1, 0.15) is 17.5 Å². The Morgan fingerprint density at radius 1 is 1.45 bits per heavy atom. The molecule has 0 aliphatic carbocycles. The molecular weight excluding hydrogens is 259 g/mol. The Morgan fingerprint density at radius 3 is 2.55 bits per heavy atom. The summed E-state index contributed by atoms with van der Waals surface area (Å²) in [5.74, 6) is -0.543. The second-order valence-electron chi connectivity index (χ2n) is 5.63. The smallest absolute Gasteiger partial charge is 0.407 e. The SMILES string of the molecule is Cc1cc(C#N)c(F)c(C)c1CNC(=O)OC(C)(C)C. The molecule has 0 aliphatic heterocycles. The average molecular weight is 278 g/mol. The van der Waals surface area contributed by atoms with Crippen LogP contribution in [-0.2, 0) is 11.3 Å². The van der Waals surface area contributed by atoms with Crippen molar-refractivity contribution in [3.05, 3.63) is 34.1 Å². The number of carbonyl (C=O) groups is 1. The third kappa shape index (κ3) is 3.95. The zero-order chi connectivity index (χ0) is 15.5. The van der Waals surface area contributed by atoms with Crippen molar-refractivity contribution in [1.82, 2.24) is 5.32 Å². The van der Waals surface area contributed by atoms with Crippen molar-refractivity contribution < 1.29 is 13.9 Å². The van der Waals surface area contributed by atoms with Gasteiger partial charge in [-0.15, -0.1) is 0 Å². The van der Waals surface area contributed by atoms with E-state index in [-0.39, 0.29) is 12.1 Å². The van der Waals surface area contributed by atoms with Crippen LogP contribution >= 0.6 is 0 Å². The van der Waals surface area contributed by atoms with Crippen LogP contribution in [0, 0.1) is 31.0 Å². The summed E-state index contributed by atoms with van der Waals surface area (Å²) in [6.45, 7) is 8.84. The number of halogens is 1. The molecule has 1 aromatic rings. The minimum absolute atomic E-state index is 0.0148. The van der Waals surface area contributed by atoms with E-state index in [0.29, 0.717) is 11.1 Å². The van der Waals surface area contributed by atoms with Gasteiger partial charge in [0.2, 0.25) is 0 Å². The molecule has 0 aromatic heterocycles. The number of carbonyl (C=O) groups excluding carboxylic acids is 1. The van der Waals surface area contributed by atoms with Crippen LogP contribution in [0.2, 0.25) is 0 Å². The van der Waals surface area contributed by atoms with Crippen LogP contribution in [0.4, 0.5) is 9.18 Å². The van der Waals surface area contributed by atoms with Crippen molar-refractivity contribution >= 4 is 6.09 Å². The number of benzene rings is 1. The molecule has 0 radical (unpaired) electrons. The number of amides is 1. The summed E-state index contributed by atoms with van der Waals surface area (Å²) >= 11 is 0. The first-order chi connectivity index (χ1) is 9.15. The molecule has 1 aromatic carbocycles. The fourth-order valence-corrected chi connectivity index (χ4v) is 1.83. The number of nitrogens with zero attached hydrogens (tertiary/aromatic N) is 1. The van der Waals surface area contributed by atoms with E-state index >= 15 is 0 Å². The summed E-state index contributed by atoms with van der Waals surface area (Å²) < 4.78 is 19.0. The molecule has 0 atom stereocenters. The number of hydrogen-bond acceptors (Lipinski definition) is 3. The molecule has 1 rings (SSSR count). The van der Waals surface area contributed by atoms with Crippen LogP contribution < -0.4 is 5.32 Å². The molecule has 0 heterocycles. The number of nitrogens with one attached hydrogen (secondary N) is 1. The highest BCUT2D eigenvalue weighted by Crippen LogP contribution is 2.21. The van der Waals surface area contributed by atoms with Gasteiger partial charge >= 0.3 is 6.09 Å². The van der Waals surface area contributed by atoms with Gasteiger partial charge in [-0.1, -0.05) is 0 Å². The summed E-state index contributed by atoms with van der Waals surface area (Å²) in [6, 6.07) is 3.29. The molecule has 5 heteroatoms. The molecule has 0 fully saturated rings. The summed E-state index contributed by atoms with van der Waals surface area (Å²) in [5.41, 5.74) is 1.23. The van der Waals surface area contributed by atoms with E-state index in [4.69, 9.17) is 10.00 Å². The number of aryl methyl sites for hydroxylation is 1. The summed E-state index contributed by atoms with van der Waals surface area (Å²) in [5, 5.41) is 11.4. The Balaban J connectivity index is 2.87. The van der Waals surface area contributed by atoms with E-state index in [1.165, 1.54) is 6.07 Å². The van der Waals surface area contributed by atoms with Gasteiger partial charge in [0, 0.05) is 6.54 Å². The monoisotopic (exact) mass is 278 g/mol. The van der Waals surface area contributed by atoms with E-state index < -0.39 is 17.5 Å². The number of nitriles is 1. The number of ether oxygens (including phenoxy) is 1. The van der Waals surface area contributed by atoms with E-state index in [9.17, 15) is 9.18 Å². The first-order valence-electron chi connectivity index (χ1n) is 6.31. The maximum atomic E-state index is 13.9. The van der Waals surface area contributed by atoms with Gasteiger partial charge in [-0.05, 0) is 57.4 Å². The average Bonchev–Trinajstić information content (AvgIpc) is 2.31. The lowest BCUT2D eigenvalue weighted by Gasteiger charge is -2.20. The highest BCUT2D eigenvalue weighted by molar-refractivity contribution is 5.67. The molecule has 1 N–H and O–H groups in total. The molecule has 108 valence electrons. The van der Waals surface area contributed by atoms with Crippen LogP contribution in [0.1, 0.15) is 43.0 Å². The third-order valence-corrected chi connectivity index (χ3v) is 2.78. The topological polar surface area (TPSA) is 62.1 Å². The maximum absolute atomic E-state index is 13.9. The predicted molar refractivity (Wildman–Crippen MR) is 73.7 cm³/mol. The first kappa shape index (κ1) is 16.0. The van der Waals surface area contributed by atoms with Crippen molar-refractivity contribution in [2.75, 3.05) is 0 Å². The quantitative estimate of drug-likeness (QED) is 0.902. The molecule has 0 unspecified atom stereocenters. The van der Waals surface area contributed by atoms with Crippen LogP contribution in [0.15, 0.2) is 6.07 Å². The van der Waals surface area contributed by atoms with E-state index in [0.717, 1.165) is 5.56 Å². The second-order valence-corrected chi connectivity index (χ2v) is 5.63. The first-order valence-corrected chi connectivity index (χ1v) is 6.31. The van der Waals surface area contributed by atoms with Crippen molar-refractivity contribution in [2.24, 2.45) is 0 Å². The van der Waals surface area contributed by atoms with Crippen LogP contribution in [0.3, 0.4) is 0 Å². The van der Waals surface area contributed by atoms with Crippen molar-refractivity contribution in [1.29, 1.82) is 5.26 Å². The molecule has 0 bridgehead atoms. The number of alkyl carbamates (subject to hydrolysis) is 1. The molecule has 0 aliphatic rings. The molecule has 0 saturated heterocycles. The Kier molecular flexibility index (Phi) is 4.72. The standard InChI is InChI=1S/C15H19FN2O2/c1-9-6-11(7-17)13(16)10(2)12(9)8-18-14(19)20-15(3,4)5/h6H,8H2,1-5H3,(H,18,19). The molecular formula is C15H19FN2O2. The van der Waals surface area contributed by atoms with Crippen molar-refractivity contribution in [3.63, 3.8) is 0 Å². The van der Waals surface area contributed by atoms with Crippen LogP contribution in [-0.4, -0.2) is 11.7 Å². The fourth-order valence-electron chi connectivity index (χ4n) is 1.83. The number of hydrogen-bond donors (Lipinski definition) is 1. The molecule has 0 saturated carbocycles. The van der Waals surface area contributed by atoms with E-state index in [1.54, 1.807) is 34.6 Å². The van der Waals surface area contributed by atoms with Gasteiger partial charge < -0.3 is 10.1 Å². The molecule has 4 nitrogen and oxygen atoms in total. The second kappa shape index (κ2) is 5.91. The van der Waals surface area contributed by atoms with Crippen LogP contribution in [0.5, 0.6) is 0 Å². The van der Waals surface area contributed by atoms with E-state index in [1.807, 2.05) is 6.07 Å². The Morgan fingerprint density at radius 2 is 2.05 bits per heavy atom. The minimum Gasteiger partial charge on any atom is -0.444 e. The largest absolute Gasteiger partial charge is 0.444 e. The molecule has 0 spiro atoms. The van der Waals surface area contributed by atoms with Gasteiger partial charge in [-0.25, -0.2) is 9.18 Å². The third-order valence-electron chi connectivity index (χ3n) is 2.78. The maximum Gasteiger partial charge on any atom is 0.407 e. The normalized spacial score (nSPS) is 10.8. The highest BCUT2D eigenvalue weighted by Gasteiger charge is 2.17. The zero-order valence-corrected chi connectivity index (χ0v) is 12.4. The van der Waals surface area contributed by atoms with E-state index in [2.05, 4.69) is 5.32 Å². The summed E-state index contributed by atoms with van der Waals surface area (Å²) in [6.07, 6.45) is -0.555. The lowest BCUT2D eigenvalue weighted by atomic mass is 9.99. The summed E-state index contributed by atoms with van der Waals surface area (Å²) in [7, 11) is 0. The highest BCUT2D eigenvalue weighted by atomic mass is 19.1. The van der Waals surface area contributed by atoms with Crippen molar-refractivity contribution in [3.8, 4) is 6.07 Å². The molecule has 1 amide bonds. The van der Waals surface area contributed by atoms with Gasteiger partial charge in [-0.3, -0.25) is 0 Å². The Bertz CT molecular complexity index is 569. The van der Waals surface area contributed by atoms with Crippen LogP contribution in [0.25, 0.3) is 0 Å². The summed E-state index contributed by atoms with van der Waals surface area (Å²) in [4.78, 5) is 11.6. The lowest BCUT2D eigenvalue weighted by molar-refractivity contribution is 0.0523. The lowest BCUT2D eigenvalue weighted by Crippen LogP contribution is -2.32. The number of rotatable bonds is 2.